The van der Waals surface area contributed by atoms with E-state index in [-0.39, 0.29) is 5.54 Å². The second kappa shape index (κ2) is 5.94. The summed E-state index contributed by atoms with van der Waals surface area (Å²) in [6.45, 7) is 10.5. The van der Waals surface area contributed by atoms with Gasteiger partial charge in [0.2, 0.25) is 0 Å². The Morgan fingerprint density at radius 1 is 1.30 bits per heavy atom. The molecule has 0 aromatic carbocycles. The third kappa shape index (κ3) is 3.05. The Balaban J connectivity index is 2.06. The Morgan fingerprint density at radius 2 is 2.00 bits per heavy atom. The van der Waals surface area contributed by atoms with Crippen LogP contribution in [0.3, 0.4) is 0 Å². The molecule has 2 aliphatic rings. The molecule has 3 atom stereocenters. The van der Waals surface area contributed by atoms with Gasteiger partial charge in [-0.05, 0) is 64.1 Å². The number of hydrogen-bond donors (Lipinski definition) is 1. The van der Waals surface area contributed by atoms with E-state index in [4.69, 9.17) is 5.73 Å². The van der Waals surface area contributed by atoms with Crippen LogP contribution in [-0.4, -0.2) is 55.1 Å². The first-order chi connectivity index (χ1) is 9.31. The highest BCUT2D eigenvalue weighted by Crippen LogP contribution is 2.46. The van der Waals surface area contributed by atoms with Gasteiger partial charge in [-0.25, -0.2) is 0 Å². The standard InChI is InChI=1S/C17H35N3/c1-14-11-16(2,3)8-9-17(14,13-18)20(5)12-15-7-6-10-19(15)4/h14-15H,6-13,18H2,1-5H3. The van der Waals surface area contributed by atoms with Gasteiger partial charge in [0.15, 0.2) is 0 Å². The van der Waals surface area contributed by atoms with Gasteiger partial charge in [-0.1, -0.05) is 20.8 Å². The molecule has 0 amide bonds. The lowest BCUT2D eigenvalue weighted by Crippen LogP contribution is -2.61. The van der Waals surface area contributed by atoms with Gasteiger partial charge >= 0.3 is 0 Å². The van der Waals surface area contributed by atoms with Crippen LogP contribution in [-0.2, 0) is 0 Å². The molecule has 118 valence electrons. The Kier molecular flexibility index (Phi) is 4.83. The molecule has 2 fully saturated rings. The van der Waals surface area contributed by atoms with Gasteiger partial charge in [0.25, 0.3) is 0 Å². The molecule has 1 aliphatic carbocycles. The summed E-state index contributed by atoms with van der Waals surface area (Å²) in [4.78, 5) is 5.14. The molecule has 3 unspecified atom stereocenters. The molecule has 2 rings (SSSR count). The van der Waals surface area contributed by atoms with Gasteiger partial charge in [0.1, 0.15) is 0 Å². The minimum atomic E-state index is 0.221. The van der Waals surface area contributed by atoms with Crippen LogP contribution in [0.2, 0.25) is 0 Å². The summed E-state index contributed by atoms with van der Waals surface area (Å²) in [6, 6.07) is 0.727. The Hall–Kier alpha value is -0.120. The van der Waals surface area contributed by atoms with Crippen LogP contribution in [0.1, 0.15) is 52.9 Å². The maximum atomic E-state index is 6.27. The first-order valence-electron chi connectivity index (χ1n) is 8.42. The number of nitrogens with two attached hydrogens (primary N) is 1. The van der Waals surface area contributed by atoms with Crippen molar-refractivity contribution in [2.75, 3.05) is 33.7 Å². The molecule has 20 heavy (non-hydrogen) atoms. The molecule has 1 aliphatic heterocycles. The Morgan fingerprint density at radius 3 is 2.50 bits per heavy atom. The zero-order valence-corrected chi connectivity index (χ0v) is 14.3. The van der Waals surface area contributed by atoms with E-state index in [1.807, 2.05) is 0 Å². The summed E-state index contributed by atoms with van der Waals surface area (Å²) in [5.41, 5.74) is 6.98. The lowest BCUT2D eigenvalue weighted by atomic mass is 9.63. The van der Waals surface area contributed by atoms with Crippen LogP contribution in [0.5, 0.6) is 0 Å². The zero-order chi connectivity index (χ0) is 15.0. The average molecular weight is 281 g/mol. The van der Waals surface area contributed by atoms with Crippen molar-refractivity contribution in [1.82, 2.24) is 9.80 Å². The van der Waals surface area contributed by atoms with Crippen LogP contribution >= 0.6 is 0 Å². The SMILES string of the molecule is CC1CC(C)(C)CCC1(CN)N(C)CC1CCCN1C. The highest BCUT2D eigenvalue weighted by molar-refractivity contribution is 5.02. The van der Waals surface area contributed by atoms with Crippen molar-refractivity contribution in [2.45, 2.75) is 64.5 Å². The molecule has 0 bridgehead atoms. The third-order valence-corrected chi connectivity index (χ3v) is 6.28. The fourth-order valence-corrected chi connectivity index (χ4v) is 4.66. The maximum Gasteiger partial charge on any atom is 0.0355 e. The molecule has 3 nitrogen and oxygen atoms in total. The smallest absolute Gasteiger partial charge is 0.0355 e. The van der Waals surface area contributed by atoms with Crippen LogP contribution in [0.15, 0.2) is 0 Å². The summed E-state index contributed by atoms with van der Waals surface area (Å²) in [6.07, 6.45) is 6.56. The van der Waals surface area contributed by atoms with E-state index in [0.29, 0.717) is 11.3 Å². The van der Waals surface area contributed by atoms with Gasteiger partial charge < -0.3 is 10.6 Å². The largest absolute Gasteiger partial charge is 0.329 e. The van der Waals surface area contributed by atoms with Gasteiger partial charge in [-0.15, -0.1) is 0 Å². The second-order valence-corrected chi connectivity index (χ2v) is 8.23. The molecule has 1 saturated heterocycles. The first kappa shape index (κ1) is 16.3. The molecule has 0 spiro atoms. The summed E-state index contributed by atoms with van der Waals surface area (Å²) < 4.78 is 0. The summed E-state index contributed by atoms with van der Waals surface area (Å²) in [5.74, 6) is 0.688. The predicted molar refractivity (Wildman–Crippen MR) is 86.9 cm³/mol. The summed E-state index contributed by atoms with van der Waals surface area (Å²) in [5, 5.41) is 0. The van der Waals surface area contributed by atoms with Crippen molar-refractivity contribution in [3.63, 3.8) is 0 Å². The fraction of sp³-hybridized carbons (Fsp3) is 1.00. The van der Waals surface area contributed by atoms with Crippen LogP contribution in [0.25, 0.3) is 0 Å². The van der Waals surface area contributed by atoms with Crippen molar-refractivity contribution in [3.8, 4) is 0 Å². The molecular formula is C17H35N3. The molecule has 0 aromatic heterocycles. The number of rotatable bonds is 4. The average Bonchev–Trinajstić information content (AvgIpc) is 2.75. The minimum absolute atomic E-state index is 0.221. The van der Waals surface area contributed by atoms with E-state index in [2.05, 4.69) is 44.7 Å². The molecule has 0 aromatic rings. The highest BCUT2D eigenvalue weighted by atomic mass is 15.3. The number of hydrogen-bond acceptors (Lipinski definition) is 3. The molecule has 3 heteroatoms. The van der Waals surface area contributed by atoms with Crippen molar-refractivity contribution >= 4 is 0 Å². The van der Waals surface area contributed by atoms with E-state index >= 15 is 0 Å². The van der Waals surface area contributed by atoms with Gasteiger partial charge in [-0.2, -0.15) is 0 Å². The van der Waals surface area contributed by atoms with Crippen molar-refractivity contribution in [2.24, 2.45) is 17.1 Å². The van der Waals surface area contributed by atoms with Crippen LogP contribution < -0.4 is 5.73 Å². The van der Waals surface area contributed by atoms with E-state index in [1.54, 1.807) is 0 Å². The second-order valence-electron chi connectivity index (χ2n) is 8.23. The molecule has 0 radical (unpaired) electrons. The lowest BCUT2D eigenvalue weighted by molar-refractivity contribution is -0.0160. The predicted octanol–water partition coefficient (Wildman–Crippen LogP) is 2.56. The van der Waals surface area contributed by atoms with Crippen LogP contribution in [0.4, 0.5) is 0 Å². The van der Waals surface area contributed by atoms with Crippen LogP contribution in [0, 0.1) is 11.3 Å². The summed E-state index contributed by atoms with van der Waals surface area (Å²) >= 11 is 0. The third-order valence-electron chi connectivity index (χ3n) is 6.28. The Labute approximate surface area is 125 Å². The number of likely N-dealkylation sites (N-methyl/N-ethyl adjacent to an activating group) is 2. The zero-order valence-electron chi connectivity index (χ0n) is 14.3. The fourth-order valence-electron chi connectivity index (χ4n) is 4.66. The maximum absolute atomic E-state index is 6.27. The monoisotopic (exact) mass is 281 g/mol. The van der Waals surface area contributed by atoms with E-state index in [0.717, 1.165) is 12.6 Å². The van der Waals surface area contributed by atoms with Gasteiger partial charge in [0.05, 0.1) is 0 Å². The van der Waals surface area contributed by atoms with E-state index in [9.17, 15) is 0 Å². The highest BCUT2D eigenvalue weighted by Gasteiger charge is 2.46. The molecular weight excluding hydrogens is 246 g/mol. The summed E-state index contributed by atoms with van der Waals surface area (Å²) in [7, 11) is 4.59. The Bertz CT molecular complexity index is 328. The lowest BCUT2D eigenvalue weighted by Gasteiger charge is -2.53. The quantitative estimate of drug-likeness (QED) is 0.859. The number of likely N-dealkylation sites (tertiary alicyclic amines) is 1. The number of nitrogens with zero attached hydrogens (tertiary/aromatic N) is 2. The van der Waals surface area contributed by atoms with Crippen molar-refractivity contribution in [1.29, 1.82) is 0 Å². The van der Waals surface area contributed by atoms with Crippen molar-refractivity contribution in [3.05, 3.63) is 0 Å². The first-order valence-corrected chi connectivity index (χ1v) is 8.42. The normalized spacial score (nSPS) is 38.5. The molecule has 1 heterocycles. The topological polar surface area (TPSA) is 32.5 Å². The molecule has 1 saturated carbocycles. The van der Waals surface area contributed by atoms with Gasteiger partial charge in [-0.3, -0.25) is 4.90 Å². The van der Waals surface area contributed by atoms with Crippen molar-refractivity contribution < 1.29 is 0 Å². The minimum Gasteiger partial charge on any atom is -0.329 e. The molecule has 2 N–H and O–H groups in total. The van der Waals surface area contributed by atoms with E-state index < -0.39 is 0 Å². The van der Waals surface area contributed by atoms with Gasteiger partial charge in [0, 0.05) is 24.7 Å². The van der Waals surface area contributed by atoms with E-state index in [1.165, 1.54) is 45.2 Å².